The molecule has 2 heterocycles. The van der Waals surface area contributed by atoms with Crippen molar-refractivity contribution in [3.05, 3.63) is 106 Å². The summed E-state index contributed by atoms with van der Waals surface area (Å²) < 4.78 is 13.2. The Labute approximate surface area is 184 Å². The van der Waals surface area contributed by atoms with Gasteiger partial charge in [-0.2, -0.15) is 0 Å². The summed E-state index contributed by atoms with van der Waals surface area (Å²) in [7, 11) is 0. The first kappa shape index (κ1) is 21.2. The van der Waals surface area contributed by atoms with Crippen LogP contribution in [0.15, 0.2) is 77.9 Å². The van der Waals surface area contributed by atoms with E-state index in [2.05, 4.69) is 22.2 Å². The fourth-order valence-corrected chi connectivity index (χ4v) is 3.49. The number of aromatic nitrogens is 2. The second-order valence-corrected chi connectivity index (χ2v) is 7.55. The van der Waals surface area contributed by atoms with Gasteiger partial charge in [0.1, 0.15) is 5.82 Å². The SMILES string of the molecule is CCc1ccc2[nH]c(=O)c(CN(Cc3cccnc3)C(=O)Nc3ccc(F)cc3)cc2c1. The van der Waals surface area contributed by atoms with Crippen molar-refractivity contribution in [3.63, 3.8) is 0 Å². The number of urea groups is 1. The van der Waals surface area contributed by atoms with Crippen LogP contribution < -0.4 is 10.9 Å². The van der Waals surface area contributed by atoms with Gasteiger partial charge in [-0.05, 0) is 71.5 Å². The zero-order valence-electron chi connectivity index (χ0n) is 17.6. The van der Waals surface area contributed by atoms with Crippen molar-refractivity contribution in [3.8, 4) is 0 Å². The molecule has 0 unspecified atom stereocenters. The molecule has 2 aromatic heterocycles. The smallest absolute Gasteiger partial charge is 0.322 e. The quantitative estimate of drug-likeness (QED) is 0.459. The Bertz CT molecular complexity index is 1290. The highest BCUT2D eigenvalue weighted by molar-refractivity contribution is 5.89. The largest absolute Gasteiger partial charge is 0.322 e. The molecule has 4 rings (SSSR count). The molecule has 0 aliphatic rings. The minimum absolute atomic E-state index is 0.101. The number of fused-ring (bicyclic) bond motifs is 1. The van der Waals surface area contributed by atoms with Gasteiger partial charge in [0.15, 0.2) is 0 Å². The fourth-order valence-electron chi connectivity index (χ4n) is 3.49. The standard InChI is InChI=1S/C25H23FN4O2/c1-2-17-5-10-23-19(12-17)13-20(24(31)29-23)16-30(15-18-4-3-11-27-14-18)25(32)28-22-8-6-21(26)7-9-22/h3-14H,2,15-16H2,1H3,(H,28,32)(H,29,31). The topological polar surface area (TPSA) is 78.1 Å². The van der Waals surface area contributed by atoms with E-state index in [-0.39, 0.29) is 24.5 Å². The number of halogens is 1. The summed E-state index contributed by atoms with van der Waals surface area (Å²) in [6.07, 6.45) is 4.22. The number of H-pyrrole nitrogens is 1. The highest BCUT2D eigenvalue weighted by Crippen LogP contribution is 2.17. The van der Waals surface area contributed by atoms with Crippen molar-refractivity contribution in [2.75, 3.05) is 5.32 Å². The third-order valence-electron chi connectivity index (χ3n) is 5.23. The van der Waals surface area contributed by atoms with Gasteiger partial charge in [0.2, 0.25) is 0 Å². The molecule has 2 aromatic carbocycles. The van der Waals surface area contributed by atoms with Crippen LogP contribution in [0.4, 0.5) is 14.9 Å². The molecular formula is C25H23FN4O2. The summed E-state index contributed by atoms with van der Waals surface area (Å²) in [4.78, 5) is 34.3. The molecule has 162 valence electrons. The zero-order valence-corrected chi connectivity index (χ0v) is 17.6. The molecule has 0 aliphatic heterocycles. The lowest BCUT2D eigenvalue weighted by Crippen LogP contribution is -2.35. The van der Waals surface area contributed by atoms with Gasteiger partial charge in [-0.15, -0.1) is 0 Å². The lowest BCUT2D eigenvalue weighted by atomic mass is 10.1. The van der Waals surface area contributed by atoms with E-state index in [0.717, 1.165) is 28.5 Å². The molecule has 0 bridgehead atoms. The van der Waals surface area contributed by atoms with Crippen molar-refractivity contribution >= 4 is 22.6 Å². The van der Waals surface area contributed by atoms with E-state index < -0.39 is 6.03 Å². The number of hydrogen-bond donors (Lipinski definition) is 2. The minimum atomic E-state index is -0.401. The molecule has 6 nitrogen and oxygen atoms in total. The monoisotopic (exact) mass is 430 g/mol. The molecule has 0 radical (unpaired) electrons. The maximum absolute atomic E-state index is 13.2. The van der Waals surface area contributed by atoms with E-state index in [0.29, 0.717) is 11.3 Å². The van der Waals surface area contributed by atoms with E-state index in [4.69, 9.17) is 0 Å². The molecule has 2 amide bonds. The van der Waals surface area contributed by atoms with Crippen LogP contribution in [0.25, 0.3) is 10.9 Å². The number of aryl methyl sites for hydroxylation is 1. The molecule has 4 aromatic rings. The number of nitrogens with zero attached hydrogens (tertiary/aromatic N) is 2. The van der Waals surface area contributed by atoms with E-state index in [1.54, 1.807) is 18.5 Å². The van der Waals surface area contributed by atoms with Crippen molar-refractivity contribution in [2.24, 2.45) is 0 Å². The lowest BCUT2D eigenvalue weighted by molar-refractivity contribution is 0.206. The van der Waals surface area contributed by atoms with Crippen LogP contribution in [0.2, 0.25) is 0 Å². The number of anilines is 1. The molecule has 0 aliphatic carbocycles. The maximum atomic E-state index is 13.2. The normalized spacial score (nSPS) is 10.8. The summed E-state index contributed by atoms with van der Waals surface area (Å²) in [6.45, 7) is 2.43. The molecule has 2 N–H and O–H groups in total. The minimum Gasteiger partial charge on any atom is -0.322 e. The summed E-state index contributed by atoms with van der Waals surface area (Å²) in [5, 5.41) is 3.69. The maximum Gasteiger partial charge on any atom is 0.322 e. The van der Waals surface area contributed by atoms with Crippen LogP contribution in [0.5, 0.6) is 0 Å². The number of benzene rings is 2. The van der Waals surface area contributed by atoms with Gasteiger partial charge < -0.3 is 15.2 Å². The average Bonchev–Trinajstić information content (AvgIpc) is 2.81. The summed E-state index contributed by atoms with van der Waals surface area (Å²) in [5.74, 6) is -0.385. The van der Waals surface area contributed by atoms with Crippen LogP contribution in [0.3, 0.4) is 0 Å². The number of amides is 2. The first-order chi connectivity index (χ1) is 15.5. The molecule has 0 spiro atoms. The Kier molecular flexibility index (Phi) is 6.26. The Hall–Kier alpha value is -4.00. The molecular weight excluding hydrogens is 407 g/mol. The third kappa shape index (κ3) is 5.00. The van der Waals surface area contributed by atoms with E-state index in [1.165, 1.54) is 29.2 Å². The van der Waals surface area contributed by atoms with Crippen molar-refractivity contribution in [1.29, 1.82) is 0 Å². The fraction of sp³-hybridized carbons (Fsp3) is 0.160. The molecule has 0 saturated carbocycles. The molecule has 0 fully saturated rings. The summed E-state index contributed by atoms with van der Waals surface area (Å²) >= 11 is 0. The second-order valence-electron chi connectivity index (χ2n) is 7.55. The predicted molar refractivity (Wildman–Crippen MR) is 123 cm³/mol. The number of aromatic amines is 1. The van der Waals surface area contributed by atoms with E-state index >= 15 is 0 Å². The Morgan fingerprint density at radius 2 is 1.88 bits per heavy atom. The van der Waals surface area contributed by atoms with Gasteiger partial charge in [-0.1, -0.05) is 19.1 Å². The second kappa shape index (κ2) is 9.43. The summed E-state index contributed by atoms with van der Waals surface area (Å²) in [6, 6.07) is 16.5. The number of carbonyl (C=O) groups is 1. The molecule has 0 atom stereocenters. The van der Waals surface area contributed by atoms with Gasteiger partial charge >= 0.3 is 6.03 Å². The third-order valence-corrected chi connectivity index (χ3v) is 5.23. The van der Waals surface area contributed by atoms with Crippen LogP contribution in [0.1, 0.15) is 23.6 Å². The Morgan fingerprint density at radius 3 is 2.59 bits per heavy atom. The molecule has 32 heavy (non-hydrogen) atoms. The van der Waals surface area contributed by atoms with Crippen molar-refractivity contribution < 1.29 is 9.18 Å². The van der Waals surface area contributed by atoms with Crippen LogP contribution in [-0.4, -0.2) is 20.9 Å². The van der Waals surface area contributed by atoms with Gasteiger partial charge in [0, 0.05) is 35.7 Å². The molecule has 0 saturated heterocycles. The number of hydrogen-bond acceptors (Lipinski definition) is 3. The van der Waals surface area contributed by atoms with Crippen LogP contribution in [-0.2, 0) is 19.5 Å². The Balaban J connectivity index is 1.64. The number of carbonyl (C=O) groups excluding carboxylic acids is 1. The predicted octanol–water partition coefficient (Wildman–Crippen LogP) is 4.86. The van der Waals surface area contributed by atoms with Gasteiger partial charge in [-0.25, -0.2) is 9.18 Å². The van der Waals surface area contributed by atoms with E-state index in [1.807, 2.05) is 30.3 Å². The van der Waals surface area contributed by atoms with Gasteiger partial charge in [0.25, 0.3) is 5.56 Å². The van der Waals surface area contributed by atoms with Gasteiger partial charge in [0.05, 0.1) is 6.54 Å². The van der Waals surface area contributed by atoms with Crippen molar-refractivity contribution in [1.82, 2.24) is 14.9 Å². The Morgan fingerprint density at radius 1 is 1.06 bits per heavy atom. The number of pyridine rings is 2. The van der Waals surface area contributed by atoms with Crippen molar-refractivity contribution in [2.45, 2.75) is 26.4 Å². The summed E-state index contributed by atoms with van der Waals surface area (Å²) in [5.41, 5.74) is 3.44. The number of nitrogens with one attached hydrogen (secondary N) is 2. The first-order valence-electron chi connectivity index (χ1n) is 10.4. The van der Waals surface area contributed by atoms with Crippen LogP contribution in [0, 0.1) is 5.82 Å². The zero-order chi connectivity index (χ0) is 22.5. The highest BCUT2D eigenvalue weighted by atomic mass is 19.1. The lowest BCUT2D eigenvalue weighted by Gasteiger charge is -2.23. The average molecular weight is 430 g/mol. The highest BCUT2D eigenvalue weighted by Gasteiger charge is 2.17. The van der Waals surface area contributed by atoms with E-state index in [9.17, 15) is 14.0 Å². The first-order valence-corrected chi connectivity index (χ1v) is 10.4. The van der Waals surface area contributed by atoms with Gasteiger partial charge in [-0.3, -0.25) is 9.78 Å². The number of rotatable bonds is 6. The van der Waals surface area contributed by atoms with Crippen LogP contribution >= 0.6 is 0 Å². The molecule has 7 heteroatoms.